The average molecular weight is 361 g/mol. The number of thiophene rings is 1. The van der Waals surface area contributed by atoms with E-state index in [2.05, 4.69) is 21.7 Å². The number of nitrogens with zero attached hydrogens (tertiary/aromatic N) is 1. The number of para-hydroxylation sites is 1. The topological polar surface area (TPSA) is 24.5 Å². The predicted molar refractivity (Wildman–Crippen MR) is 90.9 cm³/mol. The van der Waals surface area contributed by atoms with E-state index in [1.807, 2.05) is 17.5 Å². The van der Waals surface area contributed by atoms with E-state index < -0.39 is 6.61 Å². The molecule has 7 heteroatoms. The molecule has 1 aliphatic heterocycles. The van der Waals surface area contributed by atoms with Gasteiger partial charge in [0.05, 0.1) is 6.04 Å². The zero-order valence-corrected chi connectivity index (χ0v) is 14.1. The maximum Gasteiger partial charge on any atom is 0.387 e. The summed E-state index contributed by atoms with van der Waals surface area (Å²) >= 11 is 1.62. The Morgan fingerprint density at radius 3 is 2.52 bits per heavy atom. The van der Waals surface area contributed by atoms with Gasteiger partial charge in [-0.25, -0.2) is 0 Å². The van der Waals surface area contributed by atoms with Crippen molar-refractivity contribution >= 4 is 23.7 Å². The molecule has 0 saturated carbocycles. The summed E-state index contributed by atoms with van der Waals surface area (Å²) in [5.74, 6) is 0.257. The predicted octanol–water partition coefficient (Wildman–Crippen LogP) is 3.77. The van der Waals surface area contributed by atoms with Crippen molar-refractivity contribution in [2.45, 2.75) is 12.7 Å². The Kier molecular flexibility index (Phi) is 6.77. The Bertz CT molecular complexity index is 592. The Morgan fingerprint density at radius 2 is 1.87 bits per heavy atom. The second-order valence-electron chi connectivity index (χ2n) is 5.16. The van der Waals surface area contributed by atoms with E-state index in [0.29, 0.717) is 0 Å². The number of benzene rings is 1. The molecule has 0 aliphatic carbocycles. The highest BCUT2D eigenvalue weighted by atomic mass is 35.5. The molecule has 126 valence electrons. The standard InChI is InChI=1S/C16H18F2N2OS.ClH/c17-16(18)21-14-4-2-1-3-13(14)15(12-5-10-22-11-12)20-8-6-19-7-9-20;/h1-5,10-11,15-16,19H,6-9H2;1H/t15-;/m0./s1. The lowest BCUT2D eigenvalue weighted by Crippen LogP contribution is -2.45. The first-order valence-electron chi connectivity index (χ1n) is 7.26. The minimum Gasteiger partial charge on any atom is -0.434 e. The van der Waals surface area contributed by atoms with Crippen molar-refractivity contribution in [2.24, 2.45) is 0 Å². The minimum absolute atomic E-state index is 0. The normalized spacial score (nSPS) is 16.8. The molecule has 0 spiro atoms. The molecule has 1 atom stereocenters. The van der Waals surface area contributed by atoms with E-state index in [0.717, 1.165) is 37.3 Å². The molecular weight excluding hydrogens is 342 g/mol. The molecule has 0 radical (unpaired) electrons. The van der Waals surface area contributed by atoms with Crippen LogP contribution in [0.3, 0.4) is 0 Å². The first kappa shape index (κ1) is 18.1. The summed E-state index contributed by atoms with van der Waals surface area (Å²) in [5.41, 5.74) is 1.92. The highest BCUT2D eigenvalue weighted by Crippen LogP contribution is 2.36. The molecule has 1 saturated heterocycles. The number of alkyl halides is 2. The fourth-order valence-corrected chi connectivity index (χ4v) is 3.55. The van der Waals surface area contributed by atoms with Crippen LogP contribution in [0.2, 0.25) is 0 Å². The molecule has 0 unspecified atom stereocenters. The first-order chi connectivity index (χ1) is 10.8. The SMILES string of the molecule is Cl.FC(F)Oc1ccccc1[C@H](c1ccsc1)N1CCNCC1. The van der Waals surface area contributed by atoms with Gasteiger partial charge in [0.15, 0.2) is 0 Å². The van der Waals surface area contributed by atoms with Gasteiger partial charge in [0.25, 0.3) is 0 Å². The van der Waals surface area contributed by atoms with Gasteiger partial charge in [0.1, 0.15) is 5.75 Å². The number of rotatable bonds is 5. The van der Waals surface area contributed by atoms with Gasteiger partial charge < -0.3 is 10.1 Å². The lowest BCUT2D eigenvalue weighted by atomic mass is 9.98. The van der Waals surface area contributed by atoms with E-state index in [1.165, 1.54) is 0 Å². The molecule has 0 amide bonds. The van der Waals surface area contributed by atoms with Crippen LogP contribution < -0.4 is 10.1 Å². The average Bonchev–Trinajstić information content (AvgIpc) is 3.04. The van der Waals surface area contributed by atoms with Gasteiger partial charge >= 0.3 is 6.61 Å². The van der Waals surface area contributed by atoms with Crippen molar-refractivity contribution in [3.8, 4) is 5.75 Å². The fraction of sp³-hybridized carbons (Fsp3) is 0.375. The van der Waals surface area contributed by atoms with Crippen molar-refractivity contribution in [1.82, 2.24) is 10.2 Å². The molecule has 1 aliphatic rings. The number of piperazine rings is 1. The zero-order chi connectivity index (χ0) is 15.4. The van der Waals surface area contributed by atoms with Crippen LogP contribution in [-0.2, 0) is 0 Å². The Labute approximate surface area is 144 Å². The second kappa shape index (κ2) is 8.59. The molecule has 2 heterocycles. The van der Waals surface area contributed by atoms with Gasteiger partial charge in [-0.2, -0.15) is 20.1 Å². The Morgan fingerprint density at radius 1 is 1.13 bits per heavy atom. The van der Waals surface area contributed by atoms with Gasteiger partial charge in [-0.3, -0.25) is 4.90 Å². The van der Waals surface area contributed by atoms with Crippen molar-refractivity contribution in [3.63, 3.8) is 0 Å². The van der Waals surface area contributed by atoms with Crippen LogP contribution in [0.15, 0.2) is 41.1 Å². The summed E-state index contributed by atoms with van der Waals surface area (Å²) < 4.78 is 30.2. The Balaban J connectivity index is 0.00000192. The van der Waals surface area contributed by atoms with Gasteiger partial charge in [-0.1, -0.05) is 18.2 Å². The lowest BCUT2D eigenvalue weighted by Gasteiger charge is -2.35. The molecule has 1 aromatic heterocycles. The molecule has 3 rings (SSSR count). The minimum atomic E-state index is -2.81. The van der Waals surface area contributed by atoms with E-state index in [9.17, 15) is 8.78 Å². The third-order valence-electron chi connectivity index (χ3n) is 3.81. The number of hydrogen-bond donors (Lipinski definition) is 1. The van der Waals surface area contributed by atoms with Crippen molar-refractivity contribution < 1.29 is 13.5 Å². The number of halogens is 3. The summed E-state index contributed by atoms with van der Waals surface area (Å²) in [6.45, 7) is 0.747. The summed E-state index contributed by atoms with van der Waals surface area (Å²) in [6.07, 6.45) is 0. The maximum atomic E-state index is 12.7. The van der Waals surface area contributed by atoms with E-state index in [4.69, 9.17) is 4.74 Å². The highest BCUT2D eigenvalue weighted by Gasteiger charge is 2.27. The largest absolute Gasteiger partial charge is 0.434 e. The second-order valence-corrected chi connectivity index (χ2v) is 5.94. The lowest BCUT2D eigenvalue weighted by molar-refractivity contribution is -0.0510. The van der Waals surface area contributed by atoms with Crippen LogP contribution >= 0.6 is 23.7 Å². The van der Waals surface area contributed by atoms with Crippen molar-refractivity contribution in [2.75, 3.05) is 26.2 Å². The van der Waals surface area contributed by atoms with Crippen LogP contribution in [0.4, 0.5) is 8.78 Å². The van der Waals surface area contributed by atoms with Crippen molar-refractivity contribution in [1.29, 1.82) is 0 Å². The van der Waals surface area contributed by atoms with Crippen LogP contribution in [0, 0.1) is 0 Å². The summed E-state index contributed by atoms with van der Waals surface area (Å²) in [4.78, 5) is 2.31. The van der Waals surface area contributed by atoms with Crippen LogP contribution in [-0.4, -0.2) is 37.7 Å². The molecule has 3 nitrogen and oxygen atoms in total. The van der Waals surface area contributed by atoms with Crippen LogP contribution in [0.5, 0.6) is 5.75 Å². The van der Waals surface area contributed by atoms with E-state index in [1.54, 1.807) is 23.5 Å². The first-order valence-corrected chi connectivity index (χ1v) is 8.20. The number of nitrogens with one attached hydrogen (secondary N) is 1. The number of ether oxygens (including phenoxy) is 1. The van der Waals surface area contributed by atoms with Gasteiger partial charge in [-0.15, -0.1) is 12.4 Å². The molecule has 2 aromatic rings. The zero-order valence-electron chi connectivity index (χ0n) is 12.5. The quantitative estimate of drug-likeness (QED) is 0.878. The molecule has 1 fully saturated rings. The molecule has 1 aromatic carbocycles. The van der Waals surface area contributed by atoms with Crippen LogP contribution in [0.1, 0.15) is 17.2 Å². The number of hydrogen-bond acceptors (Lipinski definition) is 4. The fourth-order valence-electron chi connectivity index (χ4n) is 2.87. The van der Waals surface area contributed by atoms with Gasteiger partial charge in [0, 0.05) is 31.7 Å². The van der Waals surface area contributed by atoms with Crippen LogP contribution in [0.25, 0.3) is 0 Å². The summed E-state index contributed by atoms with van der Waals surface area (Å²) in [7, 11) is 0. The van der Waals surface area contributed by atoms with E-state index >= 15 is 0 Å². The monoisotopic (exact) mass is 360 g/mol. The maximum absolute atomic E-state index is 12.7. The molecular formula is C16H19ClF2N2OS. The van der Waals surface area contributed by atoms with Gasteiger partial charge in [0.2, 0.25) is 0 Å². The molecule has 0 bridgehead atoms. The van der Waals surface area contributed by atoms with Gasteiger partial charge in [-0.05, 0) is 28.5 Å². The highest BCUT2D eigenvalue weighted by molar-refractivity contribution is 7.08. The van der Waals surface area contributed by atoms with E-state index in [-0.39, 0.29) is 24.2 Å². The smallest absolute Gasteiger partial charge is 0.387 e. The summed E-state index contributed by atoms with van der Waals surface area (Å²) in [6, 6.07) is 9.09. The Hall–Kier alpha value is -1.21. The third kappa shape index (κ3) is 4.41. The van der Waals surface area contributed by atoms with Crippen molar-refractivity contribution in [3.05, 3.63) is 52.2 Å². The third-order valence-corrected chi connectivity index (χ3v) is 4.51. The molecule has 1 N–H and O–H groups in total. The summed E-state index contributed by atoms with van der Waals surface area (Å²) in [5, 5.41) is 7.41. The molecule has 23 heavy (non-hydrogen) atoms.